The molecular formula is C91H135ClS3. The van der Waals surface area contributed by atoms with Gasteiger partial charge in [-0.15, -0.1) is 46.9 Å². The van der Waals surface area contributed by atoms with Gasteiger partial charge in [0.25, 0.3) is 0 Å². The van der Waals surface area contributed by atoms with Gasteiger partial charge in [0.2, 0.25) is 0 Å². The standard InChI is InChI=1S/C48H68S2.C27H39ClS.C16H28/c1-10-21-39(4)24-18-26-41(6)34-47(49-45-30-13-11-14-31-45)36-43(8)28-20-29-44(9)37-48(50-46-32-15-12-16-33-46)35-42(7)27-19-25-40(5)23-17-22-38(2)3;1-6-12-22(2)13-10-14-23(3)19-27(29-26-17-8-7-9-18-26)20-24(4)15-11-16-25(5)21-28;1-6-9-15(4)12-8-13-16(5)11-7-10-14(2)3/h11-16,21-22,25-26,29-33,35-36,47-48H,10,17-20,23-24,27-28,34,37H2,1-9H3;7-9,12,14,16-18,20,27H,6,10-11,13,15,19,21H2,1-5H3;9-10,13H,6-8,11-12H2,1-5H3/b39-21+,40-25+,41-26+,42-35+,43-36+,44-29+;22-12+,23-14+,24-20+,25-16+;15-9+,16-13+. The Morgan fingerprint density at radius 1 is 0.274 bits per heavy atom. The normalized spacial score (nSPS) is 14.6. The van der Waals surface area contributed by atoms with Crippen molar-refractivity contribution in [1.29, 1.82) is 0 Å². The molecule has 0 aliphatic carbocycles. The predicted octanol–water partition coefficient (Wildman–Crippen LogP) is 31.6. The first kappa shape index (κ1) is 88.4. The van der Waals surface area contributed by atoms with Crippen LogP contribution in [0.4, 0.5) is 0 Å². The predicted molar refractivity (Wildman–Crippen MR) is 442 cm³/mol. The summed E-state index contributed by atoms with van der Waals surface area (Å²) in [5.74, 6) is 0.631. The minimum absolute atomic E-state index is 0.440. The monoisotopic (exact) mass is 1360 g/mol. The number of rotatable bonds is 43. The first-order valence-electron chi connectivity index (χ1n) is 36.4. The third-order valence-corrected chi connectivity index (χ3v) is 20.2. The molecule has 0 saturated heterocycles. The van der Waals surface area contributed by atoms with Crippen LogP contribution in [0.15, 0.2) is 269 Å². The van der Waals surface area contributed by atoms with E-state index < -0.39 is 0 Å². The molecule has 0 N–H and O–H groups in total. The number of thioether (sulfide) groups is 3. The second-order valence-electron chi connectivity index (χ2n) is 27.2. The molecule has 524 valence electrons. The van der Waals surface area contributed by atoms with Gasteiger partial charge in [0.05, 0.1) is 0 Å². The van der Waals surface area contributed by atoms with Crippen molar-refractivity contribution < 1.29 is 0 Å². The van der Waals surface area contributed by atoms with E-state index in [1.165, 1.54) is 131 Å². The van der Waals surface area contributed by atoms with Crippen LogP contribution in [0.2, 0.25) is 0 Å². The van der Waals surface area contributed by atoms with E-state index in [1.54, 1.807) is 0 Å². The summed E-state index contributed by atoms with van der Waals surface area (Å²) in [6, 6.07) is 32.6. The highest BCUT2D eigenvalue weighted by Gasteiger charge is 2.13. The lowest BCUT2D eigenvalue weighted by Gasteiger charge is -2.16. The van der Waals surface area contributed by atoms with Gasteiger partial charge in [0, 0.05) is 36.3 Å². The number of benzene rings is 3. The van der Waals surface area contributed by atoms with E-state index in [0.29, 0.717) is 21.6 Å². The number of allylic oxidation sites excluding steroid dienone is 25. The largest absolute Gasteiger partial charge is 0.122 e. The van der Waals surface area contributed by atoms with Crippen molar-refractivity contribution in [2.24, 2.45) is 0 Å². The third-order valence-electron chi connectivity index (χ3n) is 16.3. The van der Waals surface area contributed by atoms with Crippen molar-refractivity contribution in [2.45, 2.75) is 303 Å². The third kappa shape index (κ3) is 52.1. The van der Waals surface area contributed by atoms with E-state index in [1.807, 2.05) is 35.3 Å². The number of hydrogen-bond donors (Lipinski definition) is 0. The second-order valence-corrected chi connectivity index (χ2v) is 31.4. The Labute approximate surface area is 605 Å². The molecule has 0 amide bonds. The Bertz CT molecular complexity index is 2970. The lowest BCUT2D eigenvalue weighted by Crippen LogP contribution is -2.02. The fraction of sp³-hybridized carbons (Fsp3) is 0.495. The van der Waals surface area contributed by atoms with Crippen LogP contribution in [0.5, 0.6) is 0 Å². The van der Waals surface area contributed by atoms with Crippen LogP contribution in [-0.2, 0) is 0 Å². The molecule has 0 bridgehead atoms. The van der Waals surface area contributed by atoms with Crippen LogP contribution in [0.25, 0.3) is 0 Å². The number of hydrogen-bond acceptors (Lipinski definition) is 3. The molecule has 0 heterocycles. The zero-order chi connectivity index (χ0) is 70.4. The Morgan fingerprint density at radius 3 is 0.716 bits per heavy atom. The van der Waals surface area contributed by atoms with Gasteiger partial charge in [0.15, 0.2) is 0 Å². The quantitative estimate of drug-likeness (QED) is 0.0315. The first-order chi connectivity index (χ1) is 45.5. The minimum atomic E-state index is 0.440. The molecule has 0 spiro atoms. The lowest BCUT2D eigenvalue weighted by atomic mass is 10.0. The summed E-state index contributed by atoms with van der Waals surface area (Å²) in [5, 5.41) is 1.36. The fourth-order valence-electron chi connectivity index (χ4n) is 10.9. The van der Waals surface area contributed by atoms with Crippen LogP contribution < -0.4 is 0 Å². The van der Waals surface area contributed by atoms with Crippen molar-refractivity contribution in [3.63, 3.8) is 0 Å². The highest BCUT2D eigenvalue weighted by Crippen LogP contribution is 2.34. The Hall–Kier alpha value is -4.64. The summed E-state index contributed by atoms with van der Waals surface area (Å²) in [5.41, 5.74) is 20.6. The fourth-order valence-corrected chi connectivity index (χ4v) is 14.9. The molecule has 0 aliphatic rings. The summed E-state index contributed by atoms with van der Waals surface area (Å²) in [6.07, 6.45) is 58.8. The van der Waals surface area contributed by atoms with Crippen LogP contribution >= 0.6 is 46.9 Å². The van der Waals surface area contributed by atoms with E-state index in [0.717, 1.165) is 103 Å². The van der Waals surface area contributed by atoms with Crippen molar-refractivity contribution in [2.75, 3.05) is 5.88 Å². The van der Waals surface area contributed by atoms with Gasteiger partial charge in [0.1, 0.15) is 0 Å². The van der Waals surface area contributed by atoms with Gasteiger partial charge < -0.3 is 0 Å². The Balaban J connectivity index is 0.000000837. The summed E-state index contributed by atoms with van der Waals surface area (Å²) in [4.78, 5) is 4.04. The van der Waals surface area contributed by atoms with Crippen LogP contribution in [0, 0.1) is 0 Å². The average molecular weight is 1360 g/mol. The highest BCUT2D eigenvalue weighted by atomic mass is 35.5. The molecule has 3 aromatic rings. The number of halogens is 1. The smallest absolute Gasteiger partial charge is 0.0430 e. The van der Waals surface area contributed by atoms with E-state index in [2.05, 4.69) is 308 Å². The van der Waals surface area contributed by atoms with E-state index in [-0.39, 0.29) is 0 Å². The van der Waals surface area contributed by atoms with Crippen molar-refractivity contribution in [3.05, 3.63) is 254 Å². The summed E-state index contributed by atoms with van der Waals surface area (Å²) >= 11 is 11.9. The maximum absolute atomic E-state index is 5.88. The highest BCUT2D eigenvalue weighted by molar-refractivity contribution is 8.00. The average Bonchev–Trinajstić information content (AvgIpc) is 1.35. The maximum atomic E-state index is 5.88. The molecule has 3 aromatic carbocycles. The minimum Gasteiger partial charge on any atom is -0.122 e. The topological polar surface area (TPSA) is 0 Å². The van der Waals surface area contributed by atoms with Gasteiger partial charge >= 0.3 is 0 Å². The van der Waals surface area contributed by atoms with Gasteiger partial charge in [-0.25, -0.2) is 0 Å². The van der Waals surface area contributed by atoms with Crippen molar-refractivity contribution in [3.8, 4) is 0 Å². The molecule has 4 heteroatoms. The van der Waals surface area contributed by atoms with E-state index in [4.69, 9.17) is 11.6 Å². The second kappa shape index (κ2) is 57.3. The van der Waals surface area contributed by atoms with E-state index >= 15 is 0 Å². The van der Waals surface area contributed by atoms with Crippen molar-refractivity contribution in [1.82, 2.24) is 0 Å². The molecule has 0 fully saturated rings. The molecule has 0 radical (unpaired) electrons. The summed E-state index contributed by atoms with van der Waals surface area (Å²) in [7, 11) is 0. The molecule has 0 aliphatic heterocycles. The zero-order valence-electron chi connectivity index (χ0n) is 63.8. The van der Waals surface area contributed by atoms with Gasteiger partial charge in [-0.1, -0.05) is 238 Å². The van der Waals surface area contributed by atoms with Crippen LogP contribution in [0.3, 0.4) is 0 Å². The van der Waals surface area contributed by atoms with Crippen LogP contribution in [-0.4, -0.2) is 21.6 Å². The van der Waals surface area contributed by atoms with Crippen molar-refractivity contribution >= 4 is 46.9 Å². The molecule has 3 unspecified atom stereocenters. The van der Waals surface area contributed by atoms with E-state index in [9.17, 15) is 0 Å². The van der Waals surface area contributed by atoms with Gasteiger partial charge in [-0.3, -0.25) is 0 Å². The zero-order valence-corrected chi connectivity index (χ0v) is 67.0. The molecule has 0 nitrogen and oxygen atoms in total. The molecule has 3 rings (SSSR count). The van der Waals surface area contributed by atoms with Crippen LogP contribution in [0.1, 0.15) is 273 Å². The maximum Gasteiger partial charge on any atom is 0.0430 e. The van der Waals surface area contributed by atoms with Gasteiger partial charge in [-0.05, 0) is 288 Å². The summed E-state index contributed by atoms with van der Waals surface area (Å²) < 4.78 is 0. The lowest BCUT2D eigenvalue weighted by molar-refractivity contribution is 0.890. The first-order valence-corrected chi connectivity index (χ1v) is 39.6. The number of alkyl halides is 1. The SMILES string of the molecule is CC/C=C(\C)CC/C=C(\C)CC(/C=C(\C)CC/C=C(\C)CC(/C=C(\C)CC/C=C(\C)CCC=C(C)C)Sc1ccccc1)Sc1ccccc1.CC/C=C(\C)CC/C=C(\C)CC(/C=C(\C)CC/C=C(\C)CCl)Sc1ccccc1.CC/C=C(\C)CC/C=C(\C)CCC=C(C)C. The Morgan fingerprint density at radius 2 is 0.484 bits per heavy atom. The molecule has 0 saturated carbocycles. The molecule has 95 heavy (non-hydrogen) atoms. The molecule has 0 aromatic heterocycles. The molecular weight excluding hydrogens is 1220 g/mol. The Kier molecular flexibility index (Phi) is 53.3. The van der Waals surface area contributed by atoms with Gasteiger partial charge in [-0.2, -0.15) is 0 Å². The molecule has 3 atom stereocenters. The summed E-state index contributed by atoms with van der Waals surface area (Å²) in [6.45, 7) is 42.5.